The third-order valence-corrected chi connectivity index (χ3v) is 7.23. The monoisotopic (exact) mass is 522 g/mol. The van der Waals surface area contributed by atoms with Gasteiger partial charge in [0.05, 0.1) is 23.3 Å². The van der Waals surface area contributed by atoms with Crippen LogP contribution in [0.4, 0.5) is 4.39 Å². The van der Waals surface area contributed by atoms with E-state index in [4.69, 9.17) is 4.42 Å². The lowest BCUT2D eigenvalue weighted by atomic mass is 10.1. The van der Waals surface area contributed by atoms with Crippen LogP contribution in [0, 0.1) is 12.7 Å². The van der Waals surface area contributed by atoms with E-state index >= 15 is 0 Å². The Labute approximate surface area is 213 Å². The lowest BCUT2D eigenvalue weighted by Crippen LogP contribution is -2.22. The molecule has 1 amide bonds. The summed E-state index contributed by atoms with van der Waals surface area (Å²) < 4.78 is 49.4. The maximum Gasteiger partial charge on any atom is 0.337 e. The summed E-state index contributed by atoms with van der Waals surface area (Å²) in [6, 6.07) is 17.9. The fourth-order valence-electron chi connectivity index (χ4n) is 3.56. The zero-order valence-corrected chi connectivity index (χ0v) is 20.8. The van der Waals surface area contributed by atoms with Gasteiger partial charge in [0.25, 0.3) is 5.91 Å². The summed E-state index contributed by atoms with van der Waals surface area (Å²) in [5.74, 6) is -1.08. The molecular weight excluding hydrogens is 499 g/mol. The predicted octanol–water partition coefficient (Wildman–Crippen LogP) is 4.48. The number of sulfone groups is 1. The van der Waals surface area contributed by atoms with Crippen molar-refractivity contribution < 1.29 is 31.6 Å². The molecule has 8 nitrogen and oxygen atoms in total. The van der Waals surface area contributed by atoms with Gasteiger partial charge in [-0.05, 0) is 73.2 Å². The Morgan fingerprint density at radius 1 is 1.00 bits per heavy atom. The molecule has 1 N–H and O–H groups in total. The highest BCUT2D eigenvalue weighted by Crippen LogP contribution is 2.25. The summed E-state index contributed by atoms with van der Waals surface area (Å²) in [5, 5.41) is 2.73. The molecule has 0 aliphatic heterocycles. The van der Waals surface area contributed by atoms with E-state index < -0.39 is 15.8 Å². The highest BCUT2D eigenvalue weighted by Gasteiger charge is 2.22. The zero-order valence-electron chi connectivity index (χ0n) is 20.0. The standard InChI is InChI=1S/C27H23FN2O6S/c1-17-24(16-37(33,34)23-12-10-21(11-13-23)27(32)35-2)30-26(36-17)20-8-6-19(7-9-20)25(31)29-15-18-4-3-5-22(28)14-18/h3-14H,15-16H2,1-2H3,(H,29,31). The van der Waals surface area contributed by atoms with Crippen molar-refractivity contribution in [1.82, 2.24) is 10.3 Å². The van der Waals surface area contributed by atoms with Crippen LogP contribution < -0.4 is 5.32 Å². The third kappa shape index (κ3) is 6.10. The Kier molecular flexibility index (Phi) is 7.49. The molecule has 1 heterocycles. The molecule has 0 spiro atoms. The molecule has 0 saturated carbocycles. The molecule has 0 fully saturated rings. The second-order valence-electron chi connectivity index (χ2n) is 8.19. The molecule has 0 unspecified atom stereocenters. The lowest BCUT2D eigenvalue weighted by Gasteiger charge is -2.06. The second-order valence-corrected chi connectivity index (χ2v) is 10.2. The van der Waals surface area contributed by atoms with E-state index in [0.29, 0.717) is 22.5 Å². The third-order valence-electron chi connectivity index (χ3n) is 5.59. The van der Waals surface area contributed by atoms with Gasteiger partial charge < -0.3 is 14.5 Å². The maximum absolute atomic E-state index is 13.3. The van der Waals surface area contributed by atoms with Crippen molar-refractivity contribution >= 4 is 21.7 Å². The summed E-state index contributed by atoms with van der Waals surface area (Å²) in [7, 11) is -2.51. The molecule has 4 rings (SSSR count). The normalized spacial score (nSPS) is 11.2. The first-order chi connectivity index (χ1) is 17.7. The van der Waals surface area contributed by atoms with Gasteiger partial charge in [-0.2, -0.15) is 0 Å². The van der Waals surface area contributed by atoms with E-state index in [9.17, 15) is 22.4 Å². The molecule has 0 aliphatic carbocycles. The van der Waals surface area contributed by atoms with E-state index in [1.54, 1.807) is 43.3 Å². The summed E-state index contributed by atoms with van der Waals surface area (Å²) in [5.41, 5.74) is 2.09. The Morgan fingerprint density at radius 3 is 2.32 bits per heavy atom. The number of rotatable bonds is 8. The number of hydrogen-bond donors (Lipinski definition) is 1. The number of esters is 1. The van der Waals surface area contributed by atoms with E-state index in [-0.39, 0.29) is 46.1 Å². The van der Waals surface area contributed by atoms with Gasteiger partial charge in [-0.3, -0.25) is 4.79 Å². The Morgan fingerprint density at radius 2 is 1.68 bits per heavy atom. The van der Waals surface area contributed by atoms with Gasteiger partial charge in [-0.25, -0.2) is 22.6 Å². The van der Waals surface area contributed by atoms with Gasteiger partial charge in [0.2, 0.25) is 5.89 Å². The quantitative estimate of drug-likeness (QED) is 0.339. The SMILES string of the molecule is COC(=O)c1ccc(S(=O)(=O)Cc2nc(-c3ccc(C(=O)NCc4cccc(F)c4)cc3)oc2C)cc1. The van der Waals surface area contributed by atoms with Crippen molar-refractivity contribution in [3.8, 4) is 11.5 Å². The molecule has 4 aromatic rings. The number of nitrogens with zero attached hydrogens (tertiary/aromatic N) is 1. The Balaban J connectivity index is 1.44. The number of amides is 1. The van der Waals surface area contributed by atoms with Gasteiger partial charge in [0.15, 0.2) is 9.84 Å². The number of methoxy groups -OCH3 is 1. The van der Waals surface area contributed by atoms with Crippen LogP contribution in [0.25, 0.3) is 11.5 Å². The van der Waals surface area contributed by atoms with Crippen LogP contribution in [0.3, 0.4) is 0 Å². The van der Waals surface area contributed by atoms with Crippen LogP contribution in [0.15, 0.2) is 82.1 Å². The minimum Gasteiger partial charge on any atom is -0.465 e. The number of carbonyl (C=O) groups excluding carboxylic acids is 2. The summed E-state index contributed by atoms with van der Waals surface area (Å²) in [6.45, 7) is 1.80. The summed E-state index contributed by atoms with van der Waals surface area (Å²) >= 11 is 0. The number of aryl methyl sites for hydroxylation is 1. The van der Waals surface area contributed by atoms with Gasteiger partial charge >= 0.3 is 5.97 Å². The van der Waals surface area contributed by atoms with E-state index in [0.717, 1.165) is 0 Å². The fourth-order valence-corrected chi connectivity index (χ4v) is 4.91. The van der Waals surface area contributed by atoms with Gasteiger partial charge in [0.1, 0.15) is 17.3 Å². The number of ether oxygens (including phenoxy) is 1. The summed E-state index contributed by atoms with van der Waals surface area (Å²) in [4.78, 5) is 28.4. The molecule has 0 saturated heterocycles. The number of benzene rings is 3. The molecule has 0 radical (unpaired) electrons. The molecule has 0 atom stereocenters. The second kappa shape index (κ2) is 10.8. The predicted molar refractivity (Wildman–Crippen MR) is 133 cm³/mol. The highest BCUT2D eigenvalue weighted by molar-refractivity contribution is 7.90. The number of nitrogens with one attached hydrogen (secondary N) is 1. The Hall–Kier alpha value is -4.31. The zero-order chi connectivity index (χ0) is 26.6. The average Bonchev–Trinajstić information content (AvgIpc) is 3.26. The number of aromatic nitrogens is 1. The van der Waals surface area contributed by atoms with Crippen molar-refractivity contribution in [1.29, 1.82) is 0 Å². The first-order valence-electron chi connectivity index (χ1n) is 11.2. The van der Waals surface area contributed by atoms with Crippen LogP contribution in [0.5, 0.6) is 0 Å². The Bertz CT molecular complexity index is 1540. The molecule has 0 aliphatic rings. The number of halogens is 1. The minimum atomic E-state index is -3.75. The number of carbonyl (C=O) groups is 2. The highest BCUT2D eigenvalue weighted by atomic mass is 32.2. The van der Waals surface area contributed by atoms with Crippen molar-refractivity contribution in [2.24, 2.45) is 0 Å². The van der Waals surface area contributed by atoms with Crippen molar-refractivity contribution in [3.63, 3.8) is 0 Å². The molecule has 37 heavy (non-hydrogen) atoms. The number of oxazole rings is 1. The molecule has 190 valence electrons. The maximum atomic E-state index is 13.3. The molecule has 3 aromatic carbocycles. The lowest BCUT2D eigenvalue weighted by molar-refractivity contribution is 0.0600. The van der Waals surface area contributed by atoms with Crippen molar-refractivity contribution in [3.05, 3.63) is 107 Å². The molecule has 1 aromatic heterocycles. The number of hydrogen-bond acceptors (Lipinski definition) is 7. The minimum absolute atomic E-state index is 0.0395. The van der Waals surface area contributed by atoms with Crippen LogP contribution in [0.1, 0.15) is 37.7 Å². The van der Waals surface area contributed by atoms with Crippen LogP contribution >= 0.6 is 0 Å². The van der Waals surface area contributed by atoms with Gasteiger partial charge in [-0.1, -0.05) is 12.1 Å². The van der Waals surface area contributed by atoms with Gasteiger partial charge in [-0.15, -0.1) is 0 Å². The molecule has 10 heteroatoms. The van der Waals surface area contributed by atoms with Gasteiger partial charge in [0, 0.05) is 17.7 Å². The smallest absolute Gasteiger partial charge is 0.337 e. The van der Waals surface area contributed by atoms with E-state index in [1.807, 2.05) is 0 Å². The van der Waals surface area contributed by atoms with Crippen molar-refractivity contribution in [2.75, 3.05) is 7.11 Å². The van der Waals surface area contributed by atoms with E-state index in [1.165, 1.54) is 43.5 Å². The van der Waals surface area contributed by atoms with E-state index in [2.05, 4.69) is 15.0 Å². The topological polar surface area (TPSA) is 116 Å². The van der Waals surface area contributed by atoms with Crippen LogP contribution in [-0.4, -0.2) is 32.4 Å². The molecule has 0 bridgehead atoms. The summed E-state index contributed by atoms with van der Waals surface area (Å²) in [6.07, 6.45) is 0. The fraction of sp³-hybridized carbons (Fsp3) is 0.148. The average molecular weight is 523 g/mol. The van der Waals surface area contributed by atoms with Crippen molar-refractivity contribution in [2.45, 2.75) is 24.1 Å². The first-order valence-corrected chi connectivity index (χ1v) is 12.8. The van der Waals surface area contributed by atoms with Crippen LogP contribution in [-0.2, 0) is 26.9 Å². The first kappa shape index (κ1) is 25.8. The largest absolute Gasteiger partial charge is 0.465 e. The molecular formula is C27H23FN2O6S. The van der Waals surface area contributed by atoms with Crippen LogP contribution in [0.2, 0.25) is 0 Å².